The van der Waals surface area contributed by atoms with Gasteiger partial charge in [-0.2, -0.15) is 0 Å². The molecule has 1 aliphatic rings. The van der Waals surface area contributed by atoms with Crippen molar-refractivity contribution in [2.75, 3.05) is 5.32 Å². The van der Waals surface area contributed by atoms with Crippen LogP contribution in [0.15, 0.2) is 28.7 Å². The number of anilines is 1. The molecule has 1 aliphatic carbocycles. The Morgan fingerprint density at radius 1 is 1.33 bits per heavy atom. The number of rotatable bonds is 4. The average Bonchev–Trinajstić information content (AvgIpc) is 2.24. The molecule has 1 fully saturated rings. The fourth-order valence-electron chi connectivity index (χ4n) is 2.13. The topological polar surface area (TPSA) is 92.4 Å². The molecule has 1 saturated carbocycles. The molecule has 0 spiro atoms. The van der Waals surface area contributed by atoms with Crippen molar-refractivity contribution in [2.24, 2.45) is 11.7 Å². The van der Waals surface area contributed by atoms with E-state index < -0.39 is 23.3 Å². The van der Waals surface area contributed by atoms with Crippen LogP contribution in [0, 0.1) is 5.92 Å². The molecule has 0 saturated heterocycles. The maximum atomic E-state index is 11.5. The van der Waals surface area contributed by atoms with E-state index in [-0.39, 0.29) is 12.8 Å². The lowest BCUT2D eigenvalue weighted by Crippen LogP contribution is -2.60. The highest BCUT2D eigenvalue weighted by molar-refractivity contribution is 9.10. The number of benzene rings is 1. The van der Waals surface area contributed by atoms with Crippen LogP contribution in [0.4, 0.5) is 5.69 Å². The number of amides is 1. The van der Waals surface area contributed by atoms with E-state index in [1.54, 1.807) is 0 Å². The van der Waals surface area contributed by atoms with Gasteiger partial charge in [-0.1, -0.05) is 15.9 Å². The summed E-state index contributed by atoms with van der Waals surface area (Å²) in [6, 6.07) is 7.29. The van der Waals surface area contributed by atoms with E-state index >= 15 is 0 Å². The van der Waals surface area contributed by atoms with Crippen LogP contribution in [-0.2, 0) is 9.59 Å². The Labute approximate surface area is 112 Å². The quantitative estimate of drug-likeness (QED) is 0.787. The second kappa shape index (κ2) is 4.61. The van der Waals surface area contributed by atoms with Crippen molar-refractivity contribution < 1.29 is 14.7 Å². The predicted molar refractivity (Wildman–Crippen MR) is 70.0 cm³/mol. The van der Waals surface area contributed by atoms with E-state index in [4.69, 9.17) is 10.8 Å². The number of carbonyl (C=O) groups excluding carboxylic acids is 1. The molecule has 1 aromatic rings. The molecule has 1 amide bonds. The van der Waals surface area contributed by atoms with Gasteiger partial charge in [-0.15, -0.1) is 0 Å². The van der Waals surface area contributed by atoms with Crippen LogP contribution in [0.2, 0.25) is 0 Å². The number of hydrogen-bond acceptors (Lipinski definition) is 3. The molecular formula is C12H13BrN2O3. The van der Waals surface area contributed by atoms with Crippen LogP contribution < -0.4 is 11.1 Å². The van der Waals surface area contributed by atoms with Gasteiger partial charge in [-0.05, 0) is 37.1 Å². The average molecular weight is 313 g/mol. The number of hydrogen-bond donors (Lipinski definition) is 3. The number of carbonyl (C=O) groups is 2. The van der Waals surface area contributed by atoms with Crippen molar-refractivity contribution in [1.29, 1.82) is 0 Å². The molecule has 2 rings (SSSR count). The standard InChI is InChI=1S/C12H13BrN2O3/c13-8-1-3-9(4-2-8)15-12(11(14)18)5-7(6-12)10(16)17/h1-4,7,15H,5-6H2,(H2,14,18)(H,16,17). The first-order chi connectivity index (χ1) is 8.43. The van der Waals surface area contributed by atoms with Gasteiger partial charge in [0.05, 0.1) is 5.92 Å². The highest BCUT2D eigenvalue weighted by atomic mass is 79.9. The first-order valence-corrected chi connectivity index (χ1v) is 6.29. The summed E-state index contributed by atoms with van der Waals surface area (Å²) < 4.78 is 0.929. The summed E-state index contributed by atoms with van der Waals surface area (Å²) >= 11 is 3.32. The molecule has 0 heterocycles. The monoisotopic (exact) mass is 312 g/mol. The fraction of sp³-hybridized carbons (Fsp3) is 0.333. The van der Waals surface area contributed by atoms with Crippen LogP contribution in [0.5, 0.6) is 0 Å². The van der Waals surface area contributed by atoms with Crippen LogP contribution in [0.1, 0.15) is 12.8 Å². The highest BCUT2D eigenvalue weighted by Crippen LogP contribution is 2.40. The van der Waals surface area contributed by atoms with Crippen molar-refractivity contribution in [3.05, 3.63) is 28.7 Å². The second-order valence-corrected chi connectivity index (χ2v) is 5.44. The third-order valence-corrected chi connectivity index (χ3v) is 3.77. The van der Waals surface area contributed by atoms with E-state index in [0.717, 1.165) is 10.2 Å². The Kier molecular flexibility index (Phi) is 3.30. The summed E-state index contributed by atoms with van der Waals surface area (Å²) in [5, 5.41) is 11.9. The van der Waals surface area contributed by atoms with Crippen molar-refractivity contribution in [3.63, 3.8) is 0 Å². The summed E-state index contributed by atoms with van der Waals surface area (Å²) in [7, 11) is 0. The molecule has 96 valence electrons. The maximum Gasteiger partial charge on any atom is 0.306 e. The molecule has 0 atom stereocenters. The van der Waals surface area contributed by atoms with Gasteiger partial charge in [0.2, 0.25) is 5.91 Å². The molecule has 0 aliphatic heterocycles. The normalized spacial score (nSPS) is 26.2. The van der Waals surface area contributed by atoms with Crippen molar-refractivity contribution in [3.8, 4) is 0 Å². The molecular weight excluding hydrogens is 300 g/mol. The van der Waals surface area contributed by atoms with E-state index in [1.807, 2.05) is 24.3 Å². The van der Waals surface area contributed by atoms with Gasteiger partial charge in [0, 0.05) is 10.2 Å². The minimum Gasteiger partial charge on any atom is -0.481 e. The minimum absolute atomic E-state index is 0.230. The number of aliphatic carboxylic acids is 1. The largest absolute Gasteiger partial charge is 0.481 e. The predicted octanol–water partition coefficient (Wildman–Crippen LogP) is 1.58. The third kappa shape index (κ3) is 2.33. The highest BCUT2D eigenvalue weighted by Gasteiger charge is 2.52. The Morgan fingerprint density at radius 3 is 2.33 bits per heavy atom. The van der Waals surface area contributed by atoms with Gasteiger partial charge in [-0.25, -0.2) is 0 Å². The zero-order chi connectivity index (χ0) is 13.3. The maximum absolute atomic E-state index is 11.5. The smallest absolute Gasteiger partial charge is 0.306 e. The number of nitrogens with one attached hydrogen (secondary N) is 1. The molecule has 0 aromatic heterocycles. The zero-order valence-electron chi connectivity index (χ0n) is 9.52. The van der Waals surface area contributed by atoms with Gasteiger partial charge >= 0.3 is 5.97 Å². The van der Waals surface area contributed by atoms with Crippen molar-refractivity contribution >= 4 is 33.5 Å². The molecule has 18 heavy (non-hydrogen) atoms. The Hall–Kier alpha value is -1.56. The number of carboxylic acid groups (broad SMARTS) is 1. The summed E-state index contributed by atoms with van der Waals surface area (Å²) in [4.78, 5) is 22.3. The van der Waals surface area contributed by atoms with Crippen molar-refractivity contribution in [2.45, 2.75) is 18.4 Å². The van der Waals surface area contributed by atoms with Crippen LogP contribution >= 0.6 is 15.9 Å². The molecule has 0 unspecified atom stereocenters. The van der Waals surface area contributed by atoms with Crippen LogP contribution in [0.25, 0.3) is 0 Å². The van der Waals surface area contributed by atoms with Gasteiger partial charge in [0.15, 0.2) is 0 Å². The van der Waals surface area contributed by atoms with Gasteiger partial charge in [0.25, 0.3) is 0 Å². The van der Waals surface area contributed by atoms with Gasteiger partial charge in [-0.3, -0.25) is 9.59 Å². The summed E-state index contributed by atoms with van der Waals surface area (Å²) in [5.41, 5.74) is 5.19. The number of nitrogens with two attached hydrogens (primary N) is 1. The molecule has 5 nitrogen and oxygen atoms in total. The molecule has 0 radical (unpaired) electrons. The molecule has 1 aromatic carbocycles. The number of halogens is 1. The van der Waals surface area contributed by atoms with E-state index in [2.05, 4.69) is 21.2 Å². The van der Waals surface area contributed by atoms with Crippen molar-refractivity contribution in [1.82, 2.24) is 0 Å². The Bertz CT molecular complexity index is 481. The van der Waals surface area contributed by atoms with Gasteiger partial charge in [0.1, 0.15) is 5.54 Å². The fourth-order valence-corrected chi connectivity index (χ4v) is 2.39. The molecule has 6 heteroatoms. The first-order valence-electron chi connectivity index (χ1n) is 5.49. The molecule has 4 N–H and O–H groups in total. The van der Waals surface area contributed by atoms with E-state index in [9.17, 15) is 9.59 Å². The van der Waals surface area contributed by atoms with Crippen LogP contribution in [-0.4, -0.2) is 22.5 Å². The lowest BCUT2D eigenvalue weighted by atomic mass is 9.67. The Balaban J connectivity index is 2.12. The minimum atomic E-state index is -0.934. The third-order valence-electron chi connectivity index (χ3n) is 3.24. The molecule has 0 bridgehead atoms. The summed E-state index contributed by atoms with van der Waals surface area (Å²) in [5.74, 6) is -1.90. The van der Waals surface area contributed by atoms with Crippen LogP contribution in [0.3, 0.4) is 0 Å². The first kappa shape index (κ1) is 12.9. The number of carboxylic acids is 1. The lowest BCUT2D eigenvalue weighted by molar-refractivity contribution is -0.148. The van der Waals surface area contributed by atoms with E-state index in [0.29, 0.717) is 0 Å². The summed E-state index contributed by atoms with van der Waals surface area (Å²) in [6.45, 7) is 0. The summed E-state index contributed by atoms with van der Waals surface area (Å²) in [6.07, 6.45) is 0.460. The van der Waals surface area contributed by atoms with Gasteiger partial charge < -0.3 is 16.2 Å². The second-order valence-electron chi connectivity index (χ2n) is 4.52. The Morgan fingerprint density at radius 2 is 1.89 bits per heavy atom. The SMILES string of the molecule is NC(=O)C1(Nc2ccc(Br)cc2)CC(C(=O)O)C1. The van der Waals surface area contributed by atoms with E-state index in [1.165, 1.54) is 0 Å². The lowest BCUT2D eigenvalue weighted by Gasteiger charge is -2.44. The number of primary amides is 1. The zero-order valence-corrected chi connectivity index (χ0v) is 11.1.